The third-order valence-corrected chi connectivity index (χ3v) is 4.78. The quantitative estimate of drug-likeness (QED) is 0.380. The van der Waals surface area contributed by atoms with Crippen LogP contribution in [0.15, 0.2) is 77.9 Å². The molecule has 2 N–H and O–H groups in total. The molecule has 2 amide bonds. The Morgan fingerprint density at radius 2 is 1.62 bits per heavy atom. The molecule has 0 aliphatic rings. The maximum atomic E-state index is 12.1. The van der Waals surface area contributed by atoms with Gasteiger partial charge in [0.2, 0.25) is 11.8 Å². The Labute approximate surface area is 188 Å². The van der Waals surface area contributed by atoms with Crippen molar-refractivity contribution in [3.8, 4) is 5.75 Å². The van der Waals surface area contributed by atoms with Crippen molar-refractivity contribution in [1.82, 2.24) is 5.43 Å². The Kier molecular flexibility index (Phi) is 8.15. The smallest absolute Gasteiger partial charge is 0.240 e. The van der Waals surface area contributed by atoms with Crippen molar-refractivity contribution in [3.63, 3.8) is 0 Å². The van der Waals surface area contributed by atoms with E-state index in [0.717, 1.165) is 33.7 Å². The zero-order chi connectivity index (χ0) is 22.8. The van der Waals surface area contributed by atoms with E-state index in [-0.39, 0.29) is 24.7 Å². The molecule has 0 spiro atoms. The number of rotatable bonds is 9. The van der Waals surface area contributed by atoms with Gasteiger partial charge in [0.1, 0.15) is 12.4 Å². The number of nitrogens with one attached hydrogen (secondary N) is 2. The second-order valence-corrected chi connectivity index (χ2v) is 7.50. The van der Waals surface area contributed by atoms with Crippen LogP contribution in [0.4, 0.5) is 5.69 Å². The molecule has 0 aliphatic heterocycles. The van der Waals surface area contributed by atoms with Gasteiger partial charge in [-0.15, -0.1) is 0 Å². The van der Waals surface area contributed by atoms with Gasteiger partial charge in [-0.25, -0.2) is 5.43 Å². The normalized spacial score (nSPS) is 10.7. The van der Waals surface area contributed by atoms with Crippen molar-refractivity contribution >= 4 is 23.7 Å². The number of carbonyl (C=O) groups is 2. The van der Waals surface area contributed by atoms with Gasteiger partial charge < -0.3 is 10.1 Å². The molecule has 0 fully saturated rings. The number of anilines is 1. The molecular weight excluding hydrogens is 402 g/mol. The molecule has 0 unspecified atom stereocenters. The van der Waals surface area contributed by atoms with Crippen molar-refractivity contribution in [2.75, 3.05) is 5.32 Å². The Morgan fingerprint density at radius 1 is 0.906 bits per heavy atom. The summed E-state index contributed by atoms with van der Waals surface area (Å²) in [6, 6.07) is 23.2. The minimum atomic E-state index is -0.319. The molecule has 0 atom stereocenters. The minimum absolute atomic E-state index is 0.0559. The van der Waals surface area contributed by atoms with Crippen LogP contribution in [0.25, 0.3) is 0 Å². The van der Waals surface area contributed by atoms with E-state index in [1.165, 1.54) is 0 Å². The summed E-state index contributed by atoms with van der Waals surface area (Å²) in [4.78, 5) is 24.1. The van der Waals surface area contributed by atoms with E-state index >= 15 is 0 Å². The lowest BCUT2D eigenvalue weighted by molar-refractivity contribution is -0.124. The molecule has 0 saturated carbocycles. The highest BCUT2D eigenvalue weighted by Gasteiger charge is 2.08. The molecule has 0 radical (unpaired) electrons. The summed E-state index contributed by atoms with van der Waals surface area (Å²) in [6.45, 7) is 4.39. The number of ether oxygens (including phenoxy) is 1. The van der Waals surface area contributed by atoms with Crippen molar-refractivity contribution in [2.45, 2.75) is 33.3 Å². The first-order valence-electron chi connectivity index (χ1n) is 10.5. The van der Waals surface area contributed by atoms with Crippen LogP contribution in [-0.2, 0) is 16.2 Å². The van der Waals surface area contributed by atoms with Crippen molar-refractivity contribution < 1.29 is 14.3 Å². The van der Waals surface area contributed by atoms with E-state index in [1.807, 2.05) is 86.6 Å². The topological polar surface area (TPSA) is 79.8 Å². The first-order chi connectivity index (χ1) is 15.5. The standard InChI is InChI=1S/C26H27N3O3/c1-19-8-9-20(2)24(16-19)28-25(30)14-15-26(31)29-27-17-21-10-12-23(13-11-21)32-18-22-6-4-3-5-7-22/h3-13,16-17H,14-15,18H2,1-2H3,(H,28,30)(H,29,31). The van der Waals surface area contributed by atoms with Gasteiger partial charge in [0.25, 0.3) is 0 Å². The summed E-state index contributed by atoms with van der Waals surface area (Å²) < 4.78 is 5.75. The molecule has 3 aromatic carbocycles. The maximum absolute atomic E-state index is 12.1. The van der Waals surface area contributed by atoms with Crippen LogP contribution < -0.4 is 15.5 Å². The van der Waals surface area contributed by atoms with Crippen molar-refractivity contribution in [3.05, 3.63) is 95.1 Å². The molecule has 0 saturated heterocycles. The van der Waals surface area contributed by atoms with Gasteiger partial charge in [0.15, 0.2) is 0 Å². The molecule has 164 valence electrons. The fourth-order valence-corrected chi connectivity index (χ4v) is 2.94. The van der Waals surface area contributed by atoms with Gasteiger partial charge in [-0.05, 0) is 66.4 Å². The summed E-state index contributed by atoms with van der Waals surface area (Å²) in [5.74, 6) is 0.231. The fourth-order valence-electron chi connectivity index (χ4n) is 2.94. The number of hydrogen-bond donors (Lipinski definition) is 2. The number of amides is 2. The van der Waals surface area contributed by atoms with Gasteiger partial charge in [-0.2, -0.15) is 5.10 Å². The molecule has 0 heterocycles. The lowest BCUT2D eigenvalue weighted by Gasteiger charge is -2.09. The SMILES string of the molecule is Cc1ccc(C)c(NC(=O)CCC(=O)NN=Cc2ccc(OCc3ccccc3)cc2)c1. The van der Waals surface area contributed by atoms with Gasteiger partial charge in [0.05, 0.1) is 6.21 Å². The van der Waals surface area contributed by atoms with E-state index in [2.05, 4.69) is 15.8 Å². The first-order valence-corrected chi connectivity index (χ1v) is 10.5. The molecule has 0 bridgehead atoms. The van der Waals surface area contributed by atoms with Gasteiger partial charge in [0, 0.05) is 18.5 Å². The Bertz CT molecular complexity index is 1080. The number of hydrazone groups is 1. The molecular formula is C26H27N3O3. The predicted molar refractivity (Wildman–Crippen MR) is 127 cm³/mol. The molecule has 3 rings (SSSR count). The fraction of sp³-hybridized carbons (Fsp3) is 0.192. The predicted octanol–water partition coefficient (Wildman–Crippen LogP) is 4.75. The highest BCUT2D eigenvalue weighted by molar-refractivity contribution is 5.94. The van der Waals surface area contributed by atoms with Crippen LogP contribution in [0.2, 0.25) is 0 Å². The highest BCUT2D eigenvalue weighted by atomic mass is 16.5. The van der Waals surface area contributed by atoms with E-state index in [1.54, 1.807) is 6.21 Å². The average molecular weight is 430 g/mol. The second-order valence-electron chi connectivity index (χ2n) is 7.50. The van der Waals surface area contributed by atoms with E-state index in [0.29, 0.717) is 6.61 Å². The second kappa shape index (κ2) is 11.5. The van der Waals surface area contributed by atoms with E-state index < -0.39 is 0 Å². The Hall–Kier alpha value is -3.93. The first kappa shape index (κ1) is 22.7. The van der Waals surface area contributed by atoms with Gasteiger partial charge in [-0.1, -0.05) is 42.5 Å². The molecule has 6 heteroatoms. The van der Waals surface area contributed by atoms with Gasteiger partial charge >= 0.3 is 0 Å². The van der Waals surface area contributed by atoms with Crippen LogP contribution in [0.5, 0.6) is 5.75 Å². The van der Waals surface area contributed by atoms with Crippen LogP contribution >= 0.6 is 0 Å². The number of nitrogens with zero attached hydrogens (tertiary/aromatic N) is 1. The number of carbonyl (C=O) groups excluding carboxylic acids is 2. The van der Waals surface area contributed by atoms with Crippen LogP contribution in [0.3, 0.4) is 0 Å². The average Bonchev–Trinajstić information content (AvgIpc) is 2.80. The van der Waals surface area contributed by atoms with Crippen LogP contribution in [0.1, 0.15) is 35.1 Å². The largest absolute Gasteiger partial charge is 0.489 e. The molecule has 32 heavy (non-hydrogen) atoms. The number of hydrogen-bond acceptors (Lipinski definition) is 4. The molecule has 0 aromatic heterocycles. The Balaban J connectivity index is 1.39. The monoisotopic (exact) mass is 429 g/mol. The lowest BCUT2D eigenvalue weighted by Crippen LogP contribution is -2.20. The minimum Gasteiger partial charge on any atom is -0.489 e. The highest BCUT2D eigenvalue weighted by Crippen LogP contribution is 2.17. The summed E-state index contributed by atoms with van der Waals surface area (Å²) in [7, 11) is 0. The van der Waals surface area contributed by atoms with E-state index in [9.17, 15) is 9.59 Å². The summed E-state index contributed by atoms with van der Waals surface area (Å²) in [5.41, 5.74) is 7.19. The van der Waals surface area contributed by atoms with Crippen LogP contribution in [0, 0.1) is 13.8 Å². The summed E-state index contributed by atoms with van der Waals surface area (Å²) in [5, 5.41) is 6.80. The number of aryl methyl sites for hydroxylation is 2. The van der Waals surface area contributed by atoms with Crippen LogP contribution in [-0.4, -0.2) is 18.0 Å². The molecule has 0 aliphatic carbocycles. The third-order valence-electron chi connectivity index (χ3n) is 4.78. The molecule has 3 aromatic rings. The Morgan fingerprint density at radius 3 is 2.38 bits per heavy atom. The van der Waals surface area contributed by atoms with Gasteiger partial charge in [-0.3, -0.25) is 9.59 Å². The van der Waals surface area contributed by atoms with Crippen molar-refractivity contribution in [2.24, 2.45) is 5.10 Å². The van der Waals surface area contributed by atoms with E-state index in [4.69, 9.17) is 4.74 Å². The zero-order valence-corrected chi connectivity index (χ0v) is 18.3. The summed E-state index contributed by atoms with van der Waals surface area (Å²) in [6.07, 6.45) is 1.69. The summed E-state index contributed by atoms with van der Waals surface area (Å²) >= 11 is 0. The zero-order valence-electron chi connectivity index (χ0n) is 18.3. The third kappa shape index (κ3) is 7.40. The maximum Gasteiger partial charge on any atom is 0.240 e. The lowest BCUT2D eigenvalue weighted by atomic mass is 10.1. The molecule has 6 nitrogen and oxygen atoms in total. The number of benzene rings is 3. The van der Waals surface area contributed by atoms with Crippen molar-refractivity contribution in [1.29, 1.82) is 0 Å².